The van der Waals surface area contributed by atoms with Crippen molar-refractivity contribution in [3.8, 4) is 0 Å². The number of ether oxygens (including phenoxy) is 1. The number of aryl methyl sites for hydroxylation is 2. The molecule has 1 saturated heterocycles. The minimum atomic E-state index is -0.213. The molecule has 114 valence electrons. The van der Waals surface area contributed by atoms with E-state index in [9.17, 15) is 4.39 Å². The van der Waals surface area contributed by atoms with Gasteiger partial charge in [-0.25, -0.2) is 9.37 Å². The molecule has 0 saturated carbocycles. The highest BCUT2D eigenvalue weighted by atomic mass is 35.5. The van der Waals surface area contributed by atoms with Gasteiger partial charge in [0.15, 0.2) is 0 Å². The lowest BCUT2D eigenvalue weighted by Gasteiger charge is -2.36. The van der Waals surface area contributed by atoms with Crippen molar-refractivity contribution in [2.75, 3.05) is 19.1 Å². The number of hydrogen-bond acceptors (Lipinski definition) is 2. The van der Waals surface area contributed by atoms with Crippen LogP contribution < -0.4 is 0 Å². The Balaban J connectivity index is 2.22. The first-order valence-corrected chi connectivity index (χ1v) is 7.90. The monoisotopic (exact) mass is 310 g/mol. The fraction of sp³-hybridized carbons (Fsp3) is 0.562. The number of nitrogens with zero attached hydrogens (tertiary/aromatic N) is 2. The molecule has 21 heavy (non-hydrogen) atoms. The van der Waals surface area contributed by atoms with Crippen molar-refractivity contribution in [3.63, 3.8) is 0 Å². The van der Waals surface area contributed by atoms with Gasteiger partial charge in [-0.3, -0.25) is 0 Å². The molecule has 2 aromatic rings. The van der Waals surface area contributed by atoms with E-state index in [4.69, 9.17) is 16.3 Å². The van der Waals surface area contributed by atoms with E-state index in [0.29, 0.717) is 30.0 Å². The van der Waals surface area contributed by atoms with Gasteiger partial charge in [-0.1, -0.05) is 0 Å². The summed E-state index contributed by atoms with van der Waals surface area (Å²) in [4.78, 5) is 4.61. The Morgan fingerprint density at radius 3 is 2.95 bits per heavy atom. The Labute approximate surface area is 129 Å². The van der Waals surface area contributed by atoms with E-state index in [1.54, 1.807) is 6.92 Å². The summed E-state index contributed by atoms with van der Waals surface area (Å²) in [5, 5.41) is 0. The van der Waals surface area contributed by atoms with Crippen LogP contribution in [0.15, 0.2) is 12.1 Å². The minimum absolute atomic E-state index is 0.140. The third kappa shape index (κ3) is 2.55. The van der Waals surface area contributed by atoms with Gasteiger partial charge in [0, 0.05) is 25.0 Å². The van der Waals surface area contributed by atoms with Crippen LogP contribution in [0.4, 0.5) is 4.39 Å². The third-order valence-electron chi connectivity index (χ3n) is 4.28. The van der Waals surface area contributed by atoms with Crippen molar-refractivity contribution < 1.29 is 9.13 Å². The lowest BCUT2D eigenvalue weighted by molar-refractivity contribution is 0.0102. The number of benzene rings is 1. The first-order valence-electron chi connectivity index (χ1n) is 7.37. The highest BCUT2D eigenvalue weighted by Gasteiger charge is 2.33. The third-order valence-corrected chi connectivity index (χ3v) is 4.47. The second kappa shape index (κ2) is 5.58. The number of aromatic nitrogens is 2. The molecular weight excluding hydrogens is 291 g/mol. The average Bonchev–Trinajstić information content (AvgIpc) is 2.78. The lowest BCUT2D eigenvalue weighted by Crippen LogP contribution is -2.40. The molecular formula is C16H20ClFN2O. The van der Waals surface area contributed by atoms with Crippen LogP contribution in [0.3, 0.4) is 0 Å². The molecule has 1 aliphatic heterocycles. The zero-order valence-electron chi connectivity index (χ0n) is 12.5. The highest BCUT2D eigenvalue weighted by molar-refractivity contribution is 6.17. The number of halogens is 2. The fourth-order valence-corrected chi connectivity index (χ4v) is 3.37. The number of rotatable bonds is 3. The number of alkyl halides is 1. The van der Waals surface area contributed by atoms with Gasteiger partial charge in [-0.05, 0) is 38.3 Å². The molecule has 1 aliphatic rings. The second-order valence-electron chi connectivity index (χ2n) is 6.05. The molecule has 5 heteroatoms. The first kappa shape index (κ1) is 14.8. The summed E-state index contributed by atoms with van der Waals surface area (Å²) in [5.74, 6) is 1.20. The van der Waals surface area contributed by atoms with Gasteiger partial charge in [-0.2, -0.15) is 0 Å². The molecule has 1 fully saturated rings. The maximum Gasteiger partial charge on any atom is 0.128 e. The Morgan fingerprint density at radius 1 is 1.48 bits per heavy atom. The SMILES string of the molecule is Cc1cc2c(cc1F)nc(CCCl)n2C1(C)CCCOC1. The van der Waals surface area contributed by atoms with E-state index < -0.39 is 0 Å². The van der Waals surface area contributed by atoms with E-state index in [2.05, 4.69) is 16.5 Å². The molecule has 3 nitrogen and oxygen atoms in total. The van der Waals surface area contributed by atoms with Crippen LogP contribution in [0.2, 0.25) is 0 Å². The van der Waals surface area contributed by atoms with Crippen molar-refractivity contribution in [3.05, 3.63) is 29.3 Å². The Bertz CT molecular complexity index is 662. The molecule has 1 aromatic carbocycles. The molecule has 3 rings (SSSR count). The number of hydrogen-bond donors (Lipinski definition) is 0. The zero-order chi connectivity index (χ0) is 15.0. The molecule has 0 spiro atoms. The quantitative estimate of drug-likeness (QED) is 0.807. The molecule has 1 atom stereocenters. The van der Waals surface area contributed by atoms with Crippen LogP contribution in [0.5, 0.6) is 0 Å². The van der Waals surface area contributed by atoms with Crippen LogP contribution in [0.1, 0.15) is 31.2 Å². The predicted octanol–water partition coefficient (Wildman–Crippen LogP) is 3.79. The van der Waals surface area contributed by atoms with Crippen molar-refractivity contribution >= 4 is 22.6 Å². The average molecular weight is 311 g/mol. The maximum absolute atomic E-state index is 13.8. The van der Waals surface area contributed by atoms with Crippen LogP contribution in [0.25, 0.3) is 11.0 Å². The maximum atomic E-state index is 13.8. The van der Waals surface area contributed by atoms with Crippen molar-refractivity contribution in [1.82, 2.24) is 9.55 Å². The normalized spacial score (nSPS) is 22.9. The molecule has 0 radical (unpaired) electrons. The predicted molar refractivity (Wildman–Crippen MR) is 82.6 cm³/mol. The van der Waals surface area contributed by atoms with E-state index in [1.165, 1.54) is 6.07 Å². The Morgan fingerprint density at radius 2 is 2.29 bits per heavy atom. The van der Waals surface area contributed by atoms with Gasteiger partial charge >= 0.3 is 0 Å². The molecule has 0 amide bonds. The van der Waals surface area contributed by atoms with E-state index in [0.717, 1.165) is 30.8 Å². The van der Waals surface area contributed by atoms with Gasteiger partial charge in [0.2, 0.25) is 0 Å². The summed E-state index contributed by atoms with van der Waals surface area (Å²) in [7, 11) is 0. The highest BCUT2D eigenvalue weighted by Crippen LogP contribution is 2.33. The smallest absolute Gasteiger partial charge is 0.128 e. The van der Waals surface area contributed by atoms with Crippen LogP contribution >= 0.6 is 11.6 Å². The van der Waals surface area contributed by atoms with Crippen LogP contribution in [-0.4, -0.2) is 28.6 Å². The molecule has 2 heterocycles. The summed E-state index contributed by atoms with van der Waals surface area (Å²) < 4.78 is 21.7. The van der Waals surface area contributed by atoms with Crippen LogP contribution in [0, 0.1) is 12.7 Å². The molecule has 1 unspecified atom stereocenters. The van der Waals surface area contributed by atoms with E-state index >= 15 is 0 Å². The van der Waals surface area contributed by atoms with Gasteiger partial charge in [-0.15, -0.1) is 11.6 Å². The first-order chi connectivity index (χ1) is 10.0. The van der Waals surface area contributed by atoms with E-state index in [-0.39, 0.29) is 11.4 Å². The summed E-state index contributed by atoms with van der Waals surface area (Å²) >= 11 is 5.92. The number of fused-ring (bicyclic) bond motifs is 1. The summed E-state index contributed by atoms with van der Waals surface area (Å²) in [6.45, 7) is 5.43. The zero-order valence-corrected chi connectivity index (χ0v) is 13.2. The van der Waals surface area contributed by atoms with Crippen molar-refractivity contribution in [2.24, 2.45) is 0 Å². The molecule has 0 bridgehead atoms. The number of imidazole rings is 1. The fourth-order valence-electron chi connectivity index (χ4n) is 3.20. The van der Waals surface area contributed by atoms with Gasteiger partial charge in [0.25, 0.3) is 0 Å². The molecule has 0 aliphatic carbocycles. The van der Waals surface area contributed by atoms with Crippen molar-refractivity contribution in [2.45, 2.75) is 38.6 Å². The van der Waals surface area contributed by atoms with E-state index in [1.807, 2.05) is 6.07 Å². The van der Waals surface area contributed by atoms with Gasteiger partial charge in [0.05, 0.1) is 23.2 Å². The second-order valence-corrected chi connectivity index (χ2v) is 6.42. The standard InChI is InChI=1S/C16H20ClFN2O/c1-11-8-14-13(9-12(11)18)19-15(4-6-17)20(14)16(2)5-3-7-21-10-16/h8-9H,3-7,10H2,1-2H3. The molecule has 0 N–H and O–H groups in total. The Kier molecular flexibility index (Phi) is 3.93. The van der Waals surface area contributed by atoms with Gasteiger partial charge in [0.1, 0.15) is 11.6 Å². The summed E-state index contributed by atoms with van der Waals surface area (Å²) in [5.41, 5.74) is 2.17. The lowest BCUT2D eigenvalue weighted by atomic mass is 9.93. The summed E-state index contributed by atoms with van der Waals surface area (Å²) in [6, 6.07) is 3.40. The minimum Gasteiger partial charge on any atom is -0.379 e. The summed E-state index contributed by atoms with van der Waals surface area (Å²) in [6.07, 6.45) is 2.73. The van der Waals surface area contributed by atoms with Gasteiger partial charge < -0.3 is 9.30 Å². The topological polar surface area (TPSA) is 27.1 Å². The molecule has 1 aromatic heterocycles. The largest absolute Gasteiger partial charge is 0.379 e. The Hall–Kier alpha value is -1.13. The van der Waals surface area contributed by atoms with Crippen LogP contribution in [-0.2, 0) is 16.7 Å². The van der Waals surface area contributed by atoms with Crippen molar-refractivity contribution in [1.29, 1.82) is 0 Å².